The number of piperidine rings is 1. The number of hydrogen-bond donors (Lipinski definition) is 6. The number of anilines is 2. The molecule has 5 heterocycles. The second-order valence-electron chi connectivity index (χ2n) is 32.8. The second-order valence-corrected chi connectivity index (χ2v) is 38.8. The van der Waals surface area contributed by atoms with Gasteiger partial charge in [0, 0.05) is 125 Å². The Bertz CT molecular complexity index is 4560. The lowest BCUT2D eigenvalue weighted by Gasteiger charge is -2.44. The van der Waals surface area contributed by atoms with Gasteiger partial charge in [0.05, 0.1) is 52.0 Å². The first-order valence-corrected chi connectivity index (χ1v) is 45.4. The Morgan fingerprint density at radius 3 is 2.12 bits per heavy atom. The van der Waals surface area contributed by atoms with Crippen molar-refractivity contribution in [1.82, 2.24) is 45.3 Å². The van der Waals surface area contributed by atoms with E-state index in [0.717, 1.165) is 147 Å². The van der Waals surface area contributed by atoms with Gasteiger partial charge < -0.3 is 45.8 Å². The molecule has 4 saturated heterocycles. The predicted octanol–water partition coefficient (Wildman–Crippen LogP) is 13.3. The van der Waals surface area contributed by atoms with Gasteiger partial charge in [-0.05, 0) is 184 Å². The Morgan fingerprint density at radius 1 is 0.774 bits per heavy atom. The summed E-state index contributed by atoms with van der Waals surface area (Å²) in [4.78, 5) is 83.8. The number of nitrogens with zero attached hydrogens (tertiary/aromatic N) is 6. The third kappa shape index (κ3) is 24.4. The Balaban J connectivity index is 0.617. The lowest BCUT2D eigenvalue weighted by Crippen LogP contribution is -2.57. The maximum atomic E-state index is 14.4. The molecule has 0 bridgehead atoms. The van der Waals surface area contributed by atoms with E-state index in [1.54, 1.807) is 35.2 Å². The number of nitrogens with one attached hydrogen (secondary N) is 5. The van der Waals surface area contributed by atoms with Crippen molar-refractivity contribution in [1.29, 1.82) is 0 Å². The van der Waals surface area contributed by atoms with Crippen molar-refractivity contribution in [3.63, 3.8) is 0 Å². The van der Waals surface area contributed by atoms with Crippen LogP contribution in [0.5, 0.6) is 0 Å². The number of aliphatic hydroxyl groups excluding tert-OH is 1. The van der Waals surface area contributed by atoms with E-state index in [9.17, 15) is 59.1 Å². The van der Waals surface area contributed by atoms with Crippen LogP contribution in [0.4, 0.5) is 24.5 Å². The highest BCUT2D eigenvalue weighted by molar-refractivity contribution is 7.99. The van der Waals surface area contributed by atoms with Crippen molar-refractivity contribution in [2.75, 3.05) is 108 Å². The van der Waals surface area contributed by atoms with Gasteiger partial charge in [-0.15, -0.1) is 23.1 Å². The topological polar surface area (TPSA) is 272 Å². The smallest absolute Gasteiger partial charge is 0.391 e. The zero-order valence-corrected chi connectivity index (χ0v) is 70.7. The van der Waals surface area contributed by atoms with Crippen LogP contribution < -0.4 is 30.9 Å². The molecule has 5 amide bonds. The number of thioether (sulfide) groups is 1. The molecule has 4 fully saturated rings. The first-order valence-electron chi connectivity index (χ1n) is 40.2. The molecule has 11 rings (SSSR count). The number of halogens is 4. The van der Waals surface area contributed by atoms with Gasteiger partial charge in [0.1, 0.15) is 17.0 Å². The molecule has 0 saturated carbocycles. The number of aryl methyl sites for hydroxylation is 1. The van der Waals surface area contributed by atoms with Gasteiger partial charge in [0.25, 0.3) is 25.8 Å². The molecule has 6 N–H and O–H groups in total. The number of ether oxygens (including phenoxy) is 1. The fraction of sp³-hybridized carbons (Fsp3) is 0.529. The molecule has 1 unspecified atom stereocenters. The molecule has 115 heavy (non-hydrogen) atoms. The molecule has 1 aliphatic carbocycles. The van der Waals surface area contributed by atoms with E-state index in [1.807, 2.05) is 112 Å². The van der Waals surface area contributed by atoms with Gasteiger partial charge in [-0.2, -0.15) is 13.2 Å². The quantitative estimate of drug-likeness (QED) is 0.0162. The van der Waals surface area contributed by atoms with Crippen LogP contribution in [0.1, 0.15) is 164 Å². The molecule has 5 aliphatic rings. The maximum absolute atomic E-state index is 14.4. The summed E-state index contributed by atoms with van der Waals surface area (Å²) in [5.41, 5.74) is 2.43. The number of allylic oxidation sites excluding steroid dienone is 1. The number of aliphatic hydroxyl groups is 1. The number of alkyl halides is 3. The number of sulfone groups is 1. The number of carbonyl (C=O) groups excluding carboxylic acids is 5. The standard InChI is InChI=1S/C85H111ClF3N11O11S4/c1-58(60-21-23-62(24-22-60)78-59(2)90-57-113-78)91-81(105)74-50-69(101)55-100(74)82(106)79(83(3,4)5)94-77(103)20-14-9-7-8-13-19-76(102)93-67-16-15-39-98(54-67)56-84(6)38-35-72(61-25-29-65(86)30-26-61)64(52-84)53-97-41-43-99(44-42-97)68-31-27-63(28-32-68)80(104)95-115(109,110)71-33-34-73(75(51-71)114(107,108)85(87,88)89)92-66(36-40-96-45-47-111-48-46-96)37-49-112-70-17-11-10-12-18-70/h10-12,17-18,21-34,51,57-58,66-67,69,74,79,92,101H,7-9,13-16,19-20,35-50,52-56H2,1-6H3,(H,91,105)(H,93,102)(H,94,103)(H,95,104)/t58-,66+,67-,69+,74-,79+,84?/m0/s1. The van der Waals surface area contributed by atoms with Gasteiger partial charge in [-0.1, -0.05) is 119 Å². The molecular weight excluding hydrogens is 1570 g/mol. The number of amides is 5. The summed E-state index contributed by atoms with van der Waals surface area (Å²) in [6, 6.07) is 31.7. The molecule has 30 heteroatoms. The lowest BCUT2D eigenvalue weighted by atomic mass is 9.71. The largest absolute Gasteiger partial charge is 0.501 e. The third-order valence-corrected chi connectivity index (χ3v) is 27.8. The minimum absolute atomic E-state index is 0.0150. The minimum Gasteiger partial charge on any atom is -0.391 e. The Kier molecular flexibility index (Phi) is 30.6. The monoisotopic (exact) mass is 1680 g/mol. The highest BCUT2D eigenvalue weighted by Gasteiger charge is 2.49. The molecule has 22 nitrogen and oxygen atoms in total. The van der Waals surface area contributed by atoms with Crippen LogP contribution in [-0.2, 0) is 43.8 Å². The summed E-state index contributed by atoms with van der Waals surface area (Å²) in [5.74, 6) is -1.49. The van der Waals surface area contributed by atoms with Crippen molar-refractivity contribution < 1.29 is 63.8 Å². The van der Waals surface area contributed by atoms with E-state index in [0.29, 0.717) is 88.5 Å². The number of β-amino-alcohol motifs (C(OH)–C–C–N with tert-alkyl or cyclic N) is 1. The summed E-state index contributed by atoms with van der Waals surface area (Å²) in [7, 11) is -11.0. The summed E-state index contributed by atoms with van der Waals surface area (Å²) in [5, 5.41) is 23.9. The van der Waals surface area contributed by atoms with Crippen molar-refractivity contribution in [2.45, 2.75) is 194 Å². The molecular formula is C85H111ClF3N11O11S4. The van der Waals surface area contributed by atoms with E-state index in [4.69, 9.17) is 16.3 Å². The van der Waals surface area contributed by atoms with Crippen LogP contribution >= 0.6 is 34.7 Å². The van der Waals surface area contributed by atoms with Gasteiger partial charge in [0.15, 0.2) is 0 Å². The first-order chi connectivity index (χ1) is 54.8. The number of likely N-dealkylation sites (tertiary alicyclic amines) is 2. The van der Waals surface area contributed by atoms with E-state index < -0.39 is 82.3 Å². The first kappa shape index (κ1) is 88.4. The number of aromatic nitrogens is 1. The predicted molar refractivity (Wildman–Crippen MR) is 447 cm³/mol. The van der Waals surface area contributed by atoms with Gasteiger partial charge in [-0.3, -0.25) is 33.8 Å². The van der Waals surface area contributed by atoms with E-state index >= 15 is 0 Å². The lowest BCUT2D eigenvalue weighted by molar-refractivity contribution is -0.144. The van der Waals surface area contributed by atoms with Gasteiger partial charge in [0.2, 0.25) is 23.6 Å². The fourth-order valence-electron chi connectivity index (χ4n) is 16.2. The number of benzene rings is 5. The zero-order valence-electron chi connectivity index (χ0n) is 66.7. The molecule has 624 valence electrons. The molecule has 6 aromatic rings. The number of morpholine rings is 1. The number of sulfonamides is 1. The molecule has 7 atom stereocenters. The third-order valence-electron chi connectivity index (χ3n) is 22.7. The van der Waals surface area contributed by atoms with Crippen molar-refractivity contribution in [2.24, 2.45) is 10.8 Å². The number of thiazole rings is 1. The highest BCUT2D eigenvalue weighted by atomic mass is 35.5. The molecule has 1 aromatic heterocycles. The van der Waals surface area contributed by atoms with E-state index in [2.05, 4.69) is 64.9 Å². The van der Waals surface area contributed by atoms with Crippen LogP contribution in [0.2, 0.25) is 5.02 Å². The van der Waals surface area contributed by atoms with E-state index in [1.165, 1.54) is 28.2 Å². The van der Waals surface area contributed by atoms with Crippen molar-refractivity contribution in [3.05, 3.63) is 160 Å². The SMILES string of the molecule is Cc1ncsc1-c1ccc([C@H](C)NC(=O)[C@@H]2C[C@@H](O)CN2C(=O)[C@@H](NC(=O)CCCCCCCC(=O)N[C@H]2CCCN(CC3(C)CCC(c4ccc(Cl)cc4)=C(CN4CCN(c5ccc(C(=O)NS(=O)(=O)c6ccc(N[C@@H](CCSc7ccccc7)CCN7CCOCC7)c(S(=O)(=O)C(F)(F)F)c6)cc5)CC4)C3)C2)C(C)(C)C)cc1. The minimum atomic E-state index is -6.10. The van der Waals surface area contributed by atoms with E-state index in [-0.39, 0.29) is 60.2 Å². The fourth-order valence-corrected chi connectivity index (χ4v) is 20.2. The zero-order chi connectivity index (χ0) is 82.2. The number of carbonyl (C=O) groups is 5. The molecule has 4 aliphatic heterocycles. The average Bonchev–Trinajstić information content (AvgIpc) is 1.32. The molecule has 0 spiro atoms. The highest BCUT2D eigenvalue weighted by Crippen LogP contribution is 2.45. The molecule has 0 radical (unpaired) electrons. The number of unbranched alkanes of at least 4 members (excludes halogenated alkanes) is 4. The Labute approximate surface area is 688 Å². The van der Waals surface area contributed by atoms with Crippen LogP contribution in [0, 0.1) is 17.8 Å². The van der Waals surface area contributed by atoms with Crippen LogP contribution in [0.15, 0.2) is 147 Å². The maximum Gasteiger partial charge on any atom is 0.501 e. The van der Waals surface area contributed by atoms with Crippen LogP contribution in [0.25, 0.3) is 16.0 Å². The summed E-state index contributed by atoms with van der Waals surface area (Å²) < 4.78 is 105. The van der Waals surface area contributed by atoms with Gasteiger partial charge >= 0.3 is 5.51 Å². The van der Waals surface area contributed by atoms with Gasteiger partial charge in [-0.25, -0.2) is 26.5 Å². The van der Waals surface area contributed by atoms with Crippen LogP contribution in [-0.4, -0.2) is 209 Å². The number of rotatable bonds is 34. The average molecular weight is 1680 g/mol. The summed E-state index contributed by atoms with van der Waals surface area (Å²) >= 11 is 9.53. The van der Waals surface area contributed by atoms with Crippen molar-refractivity contribution >= 4 is 101 Å². The normalized spacial score (nSPS) is 20.5. The summed E-state index contributed by atoms with van der Waals surface area (Å²) in [6.07, 6.45) is 9.16. The molecule has 5 aromatic carbocycles. The Hall–Kier alpha value is -7.45. The van der Waals surface area contributed by atoms with Crippen molar-refractivity contribution in [3.8, 4) is 10.4 Å². The second kappa shape index (κ2) is 39.9. The number of hydrogen-bond acceptors (Lipinski definition) is 19. The Morgan fingerprint density at radius 2 is 1.45 bits per heavy atom. The number of piperazine rings is 1. The summed E-state index contributed by atoms with van der Waals surface area (Å²) in [6.45, 7) is 20.9. The van der Waals surface area contributed by atoms with Crippen LogP contribution in [0.3, 0.4) is 0 Å².